The van der Waals surface area contributed by atoms with Crippen molar-refractivity contribution in [3.05, 3.63) is 0 Å². The fourth-order valence-electron chi connectivity index (χ4n) is 2.74. The molecule has 0 aromatic heterocycles. The average molecular weight is 299 g/mol. The van der Waals surface area contributed by atoms with Gasteiger partial charge in [0.1, 0.15) is 12.1 Å². The molecule has 122 valence electrons. The van der Waals surface area contributed by atoms with Crippen molar-refractivity contribution in [1.82, 2.24) is 0 Å². The summed E-state index contributed by atoms with van der Waals surface area (Å²) in [6.07, 6.45) is 5.55. The maximum atomic E-state index is 11.9. The van der Waals surface area contributed by atoms with Crippen molar-refractivity contribution in [2.24, 2.45) is 17.6 Å². The zero-order valence-electron chi connectivity index (χ0n) is 13.3. The Labute approximate surface area is 127 Å². The first-order valence-electron chi connectivity index (χ1n) is 8.27. The van der Waals surface area contributed by atoms with Gasteiger partial charge in [-0.25, -0.2) is 0 Å². The van der Waals surface area contributed by atoms with E-state index in [1.54, 1.807) is 0 Å². The van der Waals surface area contributed by atoms with Crippen LogP contribution < -0.4 is 5.73 Å². The molecule has 1 saturated carbocycles. The van der Waals surface area contributed by atoms with Crippen molar-refractivity contribution >= 4 is 5.97 Å². The SMILES string of the molecule is CCCC[C@H]1[C@H](C)OC(=O)[C@@H](N)COC[C@@H]1OCC1CC1. The zero-order chi connectivity index (χ0) is 15.2. The van der Waals surface area contributed by atoms with Crippen molar-refractivity contribution in [2.45, 2.75) is 64.2 Å². The molecule has 2 rings (SSSR count). The van der Waals surface area contributed by atoms with Crippen LogP contribution >= 0.6 is 0 Å². The lowest BCUT2D eigenvalue weighted by Gasteiger charge is -2.30. The summed E-state index contributed by atoms with van der Waals surface area (Å²) in [6.45, 7) is 5.61. The number of esters is 1. The second-order valence-corrected chi connectivity index (χ2v) is 6.41. The lowest BCUT2D eigenvalue weighted by Crippen LogP contribution is -2.39. The van der Waals surface area contributed by atoms with Gasteiger partial charge in [0.2, 0.25) is 0 Å². The fraction of sp³-hybridized carbons (Fsp3) is 0.938. The third kappa shape index (κ3) is 5.24. The van der Waals surface area contributed by atoms with E-state index in [0.29, 0.717) is 12.5 Å². The Morgan fingerprint density at radius 1 is 1.33 bits per heavy atom. The van der Waals surface area contributed by atoms with Crippen LogP contribution in [0.25, 0.3) is 0 Å². The summed E-state index contributed by atoms with van der Waals surface area (Å²) in [5.41, 5.74) is 5.76. The number of hydrogen-bond acceptors (Lipinski definition) is 5. The van der Waals surface area contributed by atoms with Crippen LogP contribution in [-0.2, 0) is 19.0 Å². The number of carbonyl (C=O) groups excluding carboxylic acids is 1. The maximum absolute atomic E-state index is 11.9. The van der Waals surface area contributed by atoms with Crippen LogP contribution in [0.5, 0.6) is 0 Å². The van der Waals surface area contributed by atoms with E-state index in [9.17, 15) is 4.79 Å². The predicted octanol–water partition coefficient (Wildman–Crippen LogP) is 1.88. The van der Waals surface area contributed by atoms with Crippen LogP contribution in [0.3, 0.4) is 0 Å². The number of unbranched alkanes of at least 4 members (excludes halogenated alkanes) is 1. The number of carbonyl (C=O) groups is 1. The highest BCUT2D eigenvalue weighted by molar-refractivity contribution is 5.75. The summed E-state index contributed by atoms with van der Waals surface area (Å²) in [6, 6.07) is -0.693. The Balaban J connectivity index is 2.01. The molecule has 0 spiro atoms. The van der Waals surface area contributed by atoms with E-state index in [4.69, 9.17) is 19.9 Å². The minimum atomic E-state index is -0.693. The summed E-state index contributed by atoms with van der Waals surface area (Å²) in [4.78, 5) is 11.9. The van der Waals surface area contributed by atoms with Gasteiger partial charge in [-0.1, -0.05) is 19.8 Å². The van der Waals surface area contributed by atoms with Crippen LogP contribution in [0, 0.1) is 11.8 Å². The van der Waals surface area contributed by atoms with Gasteiger partial charge in [0.15, 0.2) is 0 Å². The van der Waals surface area contributed by atoms with E-state index >= 15 is 0 Å². The first kappa shape index (κ1) is 16.7. The smallest absolute Gasteiger partial charge is 0.325 e. The Morgan fingerprint density at radius 3 is 2.76 bits per heavy atom. The number of rotatable bonds is 6. The maximum Gasteiger partial charge on any atom is 0.325 e. The van der Waals surface area contributed by atoms with E-state index in [1.807, 2.05) is 6.92 Å². The second-order valence-electron chi connectivity index (χ2n) is 6.41. The highest BCUT2D eigenvalue weighted by Crippen LogP contribution is 2.31. The molecule has 0 radical (unpaired) electrons. The van der Waals surface area contributed by atoms with Gasteiger partial charge >= 0.3 is 5.97 Å². The Bertz CT molecular complexity index is 332. The molecule has 1 aliphatic heterocycles. The molecule has 0 amide bonds. The molecule has 0 aromatic carbocycles. The van der Waals surface area contributed by atoms with Gasteiger partial charge in [-0.15, -0.1) is 0 Å². The van der Waals surface area contributed by atoms with Gasteiger partial charge in [0.25, 0.3) is 0 Å². The quantitative estimate of drug-likeness (QED) is 0.758. The lowest BCUT2D eigenvalue weighted by atomic mass is 9.91. The molecule has 4 atom stereocenters. The van der Waals surface area contributed by atoms with Crippen LogP contribution in [0.15, 0.2) is 0 Å². The Morgan fingerprint density at radius 2 is 2.10 bits per heavy atom. The lowest BCUT2D eigenvalue weighted by molar-refractivity contribution is -0.154. The molecular weight excluding hydrogens is 270 g/mol. The summed E-state index contributed by atoms with van der Waals surface area (Å²) < 4.78 is 17.2. The van der Waals surface area contributed by atoms with Gasteiger partial charge in [0, 0.05) is 12.5 Å². The standard InChI is InChI=1S/C16H29NO4/c1-3-4-5-13-11(2)21-16(18)14(17)9-19-10-15(13)20-8-12-6-7-12/h11-15H,3-10,17H2,1-2H3/t11-,13-,14-,15-/m0/s1. The molecule has 0 bridgehead atoms. The summed E-state index contributed by atoms with van der Waals surface area (Å²) in [5.74, 6) is 0.523. The summed E-state index contributed by atoms with van der Waals surface area (Å²) in [7, 11) is 0. The van der Waals surface area contributed by atoms with E-state index in [2.05, 4.69) is 6.92 Å². The molecule has 1 saturated heterocycles. The molecule has 2 fully saturated rings. The van der Waals surface area contributed by atoms with Crippen LogP contribution in [0.2, 0.25) is 0 Å². The summed E-state index contributed by atoms with van der Waals surface area (Å²) >= 11 is 0. The third-order valence-electron chi connectivity index (χ3n) is 4.40. The third-order valence-corrected chi connectivity index (χ3v) is 4.40. The highest BCUT2D eigenvalue weighted by atomic mass is 16.6. The van der Waals surface area contributed by atoms with Gasteiger partial charge in [0.05, 0.1) is 19.3 Å². The molecule has 5 nitrogen and oxygen atoms in total. The van der Waals surface area contributed by atoms with E-state index in [0.717, 1.165) is 25.9 Å². The van der Waals surface area contributed by atoms with Gasteiger partial charge in [-0.3, -0.25) is 4.79 Å². The number of hydrogen-bond donors (Lipinski definition) is 1. The zero-order valence-corrected chi connectivity index (χ0v) is 13.3. The van der Waals surface area contributed by atoms with E-state index in [-0.39, 0.29) is 30.7 Å². The van der Waals surface area contributed by atoms with Gasteiger partial charge < -0.3 is 19.9 Å². The monoisotopic (exact) mass is 299 g/mol. The molecular formula is C16H29NO4. The van der Waals surface area contributed by atoms with E-state index < -0.39 is 6.04 Å². The molecule has 0 aromatic rings. The minimum absolute atomic E-state index is 0.00903. The van der Waals surface area contributed by atoms with Gasteiger partial charge in [-0.05, 0) is 32.1 Å². The van der Waals surface area contributed by atoms with Crippen LogP contribution in [0.1, 0.15) is 46.0 Å². The van der Waals surface area contributed by atoms with Crippen molar-refractivity contribution in [2.75, 3.05) is 19.8 Å². The molecule has 5 heteroatoms. The van der Waals surface area contributed by atoms with Crippen LogP contribution in [-0.4, -0.2) is 44.0 Å². The highest BCUT2D eigenvalue weighted by Gasteiger charge is 2.34. The second kappa shape index (κ2) is 8.11. The molecule has 21 heavy (non-hydrogen) atoms. The van der Waals surface area contributed by atoms with Crippen LogP contribution in [0.4, 0.5) is 0 Å². The largest absolute Gasteiger partial charge is 0.461 e. The first-order valence-corrected chi connectivity index (χ1v) is 8.27. The molecule has 0 unspecified atom stereocenters. The number of nitrogens with two attached hydrogens (primary N) is 1. The molecule has 1 heterocycles. The predicted molar refractivity (Wildman–Crippen MR) is 79.8 cm³/mol. The Kier molecular flexibility index (Phi) is 6.45. The Hall–Kier alpha value is -0.650. The molecule has 1 aliphatic carbocycles. The average Bonchev–Trinajstić information content (AvgIpc) is 3.27. The molecule has 2 aliphatic rings. The first-order chi connectivity index (χ1) is 10.1. The van der Waals surface area contributed by atoms with Gasteiger partial charge in [-0.2, -0.15) is 0 Å². The number of ether oxygens (including phenoxy) is 3. The summed E-state index contributed by atoms with van der Waals surface area (Å²) in [5, 5.41) is 0. The normalized spacial score (nSPS) is 34.7. The van der Waals surface area contributed by atoms with Crippen molar-refractivity contribution in [1.29, 1.82) is 0 Å². The fourth-order valence-corrected chi connectivity index (χ4v) is 2.74. The van der Waals surface area contributed by atoms with Crippen molar-refractivity contribution in [3.8, 4) is 0 Å². The van der Waals surface area contributed by atoms with Crippen molar-refractivity contribution < 1.29 is 19.0 Å². The minimum Gasteiger partial charge on any atom is -0.461 e. The van der Waals surface area contributed by atoms with Crippen molar-refractivity contribution in [3.63, 3.8) is 0 Å². The van der Waals surface area contributed by atoms with E-state index in [1.165, 1.54) is 12.8 Å². The topological polar surface area (TPSA) is 70.8 Å². The number of cyclic esters (lactones) is 1. The molecule has 2 N–H and O–H groups in total.